The second-order valence-corrected chi connectivity index (χ2v) is 6.68. The van der Waals surface area contributed by atoms with Gasteiger partial charge in [0, 0.05) is 18.0 Å². The maximum absolute atomic E-state index is 14.0. The molecule has 29 heavy (non-hydrogen) atoms. The van der Waals surface area contributed by atoms with Crippen LogP contribution in [0.4, 0.5) is 13.2 Å². The molecule has 1 atom stereocenters. The zero-order valence-electron chi connectivity index (χ0n) is 15.7. The minimum atomic E-state index is -2.92. The first-order valence-electron chi connectivity index (χ1n) is 8.74. The Kier molecular flexibility index (Phi) is 6.59. The van der Waals surface area contributed by atoms with Crippen molar-refractivity contribution >= 4 is 11.6 Å². The van der Waals surface area contributed by atoms with Crippen LogP contribution in [0, 0.1) is 5.82 Å². The first-order chi connectivity index (χ1) is 13.9. The van der Waals surface area contributed by atoms with Crippen LogP contribution >= 0.6 is 11.6 Å². The fraction of sp³-hybridized carbons (Fsp3) is 0.238. The summed E-state index contributed by atoms with van der Waals surface area (Å²) in [5, 5.41) is 0.219. The van der Waals surface area contributed by atoms with Gasteiger partial charge in [0.15, 0.2) is 0 Å². The Labute approximate surface area is 171 Å². The third-order valence-corrected chi connectivity index (χ3v) is 4.78. The second-order valence-electron chi connectivity index (χ2n) is 6.27. The smallest absolute Gasteiger partial charge is 0.387 e. The molecule has 3 rings (SSSR count). The summed E-state index contributed by atoms with van der Waals surface area (Å²) >= 11 is 6.28. The monoisotopic (exact) mass is 425 g/mol. The van der Waals surface area contributed by atoms with E-state index in [4.69, 9.17) is 21.1 Å². The maximum atomic E-state index is 14.0. The van der Waals surface area contributed by atoms with Crippen LogP contribution in [0.3, 0.4) is 0 Å². The topological polar surface area (TPSA) is 32.6 Å². The van der Waals surface area contributed by atoms with Gasteiger partial charge in [-0.05, 0) is 55.0 Å². The SMILES string of the molecule is COc1ccc(OCc2c(Cl)cc(F)cc2[C@H](C)n2ccc(OC(F)F)c2)cc1. The number of rotatable bonds is 8. The van der Waals surface area contributed by atoms with Gasteiger partial charge in [-0.15, -0.1) is 0 Å². The molecule has 0 fully saturated rings. The standard InChI is InChI=1S/C21H19ClF3NO3/c1-13(26-8-7-17(11-26)29-21(24)25)18-9-14(23)10-20(22)19(18)12-28-16-5-3-15(27-2)4-6-16/h3-11,13,21H,12H2,1-2H3/t13-/m0/s1. The zero-order chi connectivity index (χ0) is 21.0. The van der Waals surface area contributed by atoms with Crippen LogP contribution in [-0.2, 0) is 6.61 Å². The van der Waals surface area contributed by atoms with Crippen molar-refractivity contribution < 1.29 is 27.4 Å². The number of methoxy groups -OCH3 is 1. The predicted octanol–water partition coefficient (Wildman–Crippen LogP) is 6.08. The molecule has 8 heteroatoms. The van der Waals surface area contributed by atoms with Crippen molar-refractivity contribution in [1.29, 1.82) is 0 Å². The third kappa shape index (κ3) is 5.17. The Bertz CT molecular complexity index is 960. The lowest BCUT2D eigenvalue weighted by Crippen LogP contribution is -2.11. The van der Waals surface area contributed by atoms with Crippen molar-refractivity contribution in [2.24, 2.45) is 0 Å². The lowest BCUT2D eigenvalue weighted by Gasteiger charge is -2.20. The molecular weight excluding hydrogens is 407 g/mol. The van der Waals surface area contributed by atoms with Crippen LogP contribution in [0.5, 0.6) is 17.2 Å². The highest BCUT2D eigenvalue weighted by atomic mass is 35.5. The molecule has 0 unspecified atom stereocenters. The molecule has 1 aromatic heterocycles. The summed E-state index contributed by atoms with van der Waals surface area (Å²) in [5.41, 5.74) is 1.17. The van der Waals surface area contributed by atoms with Crippen molar-refractivity contribution in [3.63, 3.8) is 0 Å². The summed E-state index contributed by atoms with van der Waals surface area (Å²) in [6, 6.07) is 10.6. The molecule has 0 N–H and O–H groups in total. The van der Waals surface area contributed by atoms with Gasteiger partial charge in [0.05, 0.1) is 18.2 Å². The highest BCUT2D eigenvalue weighted by Gasteiger charge is 2.18. The van der Waals surface area contributed by atoms with Crippen LogP contribution in [0.15, 0.2) is 54.9 Å². The molecule has 154 valence electrons. The molecule has 2 aromatic carbocycles. The van der Waals surface area contributed by atoms with E-state index in [-0.39, 0.29) is 17.4 Å². The van der Waals surface area contributed by atoms with Gasteiger partial charge in [-0.3, -0.25) is 0 Å². The van der Waals surface area contributed by atoms with Gasteiger partial charge >= 0.3 is 6.61 Å². The summed E-state index contributed by atoms with van der Waals surface area (Å²) in [5.74, 6) is 0.811. The van der Waals surface area contributed by atoms with Crippen molar-refractivity contribution in [3.8, 4) is 17.2 Å². The number of halogens is 4. The third-order valence-electron chi connectivity index (χ3n) is 4.45. The summed E-state index contributed by atoms with van der Waals surface area (Å²) in [6.45, 7) is -1.01. The molecule has 4 nitrogen and oxygen atoms in total. The average molecular weight is 426 g/mol. The lowest BCUT2D eigenvalue weighted by molar-refractivity contribution is -0.0498. The molecule has 0 bridgehead atoms. The van der Waals surface area contributed by atoms with E-state index in [1.165, 1.54) is 24.4 Å². The Hall–Kier alpha value is -2.80. The van der Waals surface area contributed by atoms with Gasteiger partial charge in [-0.1, -0.05) is 11.6 Å². The Morgan fingerprint density at radius 3 is 2.38 bits per heavy atom. The number of ether oxygens (including phenoxy) is 3. The van der Waals surface area contributed by atoms with Crippen LogP contribution in [0.1, 0.15) is 24.1 Å². The van der Waals surface area contributed by atoms with Gasteiger partial charge in [-0.25, -0.2) is 4.39 Å². The second kappa shape index (κ2) is 9.13. The normalized spacial score (nSPS) is 12.1. The fourth-order valence-electron chi connectivity index (χ4n) is 2.94. The van der Waals surface area contributed by atoms with Crippen LogP contribution in [-0.4, -0.2) is 18.3 Å². The Morgan fingerprint density at radius 2 is 1.72 bits per heavy atom. The number of aromatic nitrogens is 1. The highest BCUT2D eigenvalue weighted by Crippen LogP contribution is 2.31. The largest absolute Gasteiger partial charge is 0.497 e. The van der Waals surface area contributed by atoms with E-state index in [9.17, 15) is 13.2 Å². The number of hydrogen-bond acceptors (Lipinski definition) is 3. The molecule has 0 amide bonds. The van der Waals surface area contributed by atoms with Gasteiger partial charge < -0.3 is 18.8 Å². The zero-order valence-corrected chi connectivity index (χ0v) is 16.5. The molecule has 0 saturated heterocycles. The van der Waals surface area contributed by atoms with Crippen molar-refractivity contribution in [2.75, 3.05) is 7.11 Å². The fourth-order valence-corrected chi connectivity index (χ4v) is 3.21. The number of alkyl halides is 2. The van der Waals surface area contributed by atoms with E-state index in [0.717, 1.165) is 0 Å². The van der Waals surface area contributed by atoms with Crippen LogP contribution in [0.2, 0.25) is 5.02 Å². The quantitative estimate of drug-likeness (QED) is 0.438. The van der Waals surface area contributed by atoms with E-state index >= 15 is 0 Å². The average Bonchev–Trinajstić information content (AvgIpc) is 3.14. The Morgan fingerprint density at radius 1 is 1.03 bits per heavy atom. The van der Waals surface area contributed by atoms with Crippen molar-refractivity contribution in [2.45, 2.75) is 26.2 Å². The minimum absolute atomic E-state index is 0.0189. The summed E-state index contributed by atoms with van der Waals surface area (Å²) < 4.78 is 55.8. The predicted molar refractivity (Wildman–Crippen MR) is 104 cm³/mol. The van der Waals surface area contributed by atoms with Crippen LogP contribution in [0.25, 0.3) is 0 Å². The number of nitrogens with zero attached hydrogens (tertiary/aromatic N) is 1. The molecule has 0 saturated carbocycles. The maximum Gasteiger partial charge on any atom is 0.387 e. The molecule has 0 aliphatic heterocycles. The van der Waals surface area contributed by atoms with Gasteiger partial charge in [0.2, 0.25) is 0 Å². The lowest BCUT2D eigenvalue weighted by atomic mass is 10.0. The van der Waals surface area contributed by atoms with E-state index in [0.29, 0.717) is 22.6 Å². The molecular formula is C21H19ClF3NO3. The Balaban J connectivity index is 1.84. The molecule has 0 spiro atoms. The molecule has 0 aliphatic rings. The van der Waals surface area contributed by atoms with Crippen molar-refractivity contribution in [3.05, 3.63) is 76.8 Å². The van der Waals surface area contributed by atoms with E-state index in [2.05, 4.69) is 4.74 Å². The summed E-state index contributed by atoms with van der Waals surface area (Å²) in [4.78, 5) is 0. The summed E-state index contributed by atoms with van der Waals surface area (Å²) in [6.07, 6.45) is 3.00. The van der Waals surface area contributed by atoms with Gasteiger partial charge in [0.1, 0.15) is 29.7 Å². The van der Waals surface area contributed by atoms with E-state index < -0.39 is 18.5 Å². The summed E-state index contributed by atoms with van der Waals surface area (Å²) in [7, 11) is 1.57. The van der Waals surface area contributed by atoms with E-state index in [1.54, 1.807) is 49.1 Å². The number of hydrogen-bond donors (Lipinski definition) is 0. The minimum Gasteiger partial charge on any atom is -0.497 e. The van der Waals surface area contributed by atoms with E-state index in [1.807, 2.05) is 0 Å². The van der Waals surface area contributed by atoms with Crippen molar-refractivity contribution in [1.82, 2.24) is 4.57 Å². The van der Waals surface area contributed by atoms with Gasteiger partial charge in [-0.2, -0.15) is 8.78 Å². The first-order valence-corrected chi connectivity index (χ1v) is 9.12. The molecule has 3 aromatic rings. The van der Waals surface area contributed by atoms with Gasteiger partial charge in [0.25, 0.3) is 0 Å². The molecule has 0 aliphatic carbocycles. The highest BCUT2D eigenvalue weighted by molar-refractivity contribution is 6.31. The molecule has 0 radical (unpaired) electrons. The molecule has 1 heterocycles. The first kappa shape index (κ1) is 20.9. The number of benzene rings is 2. The van der Waals surface area contributed by atoms with Crippen LogP contribution < -0.4 is 14.2 Å².